The van der Waals surface area contributed by atoms with Crippen LogP contribution in [0.15, 0.2) is 30.5 Å². The fraction of sp³-hybridized carbons (Fsp3) is 0.429. The van der Waals surface area contributed by atoms with Crippen LogP contribution in [0.5, 0.6) is 0 Å². The second-order valence-electron chi connectivity index (χ2n) is 7.51. The number of benzene rings is 1. The van der Waals surface area contributed by atoms with Gasteiger partial charge in [0.05, 0.1) is 17.8 Å². The van der Waals surface area contributed by atoms with Gasteiger partial charge in [-0.25, -0.2) is 19.9 Å². The van der Waals surface area contributed by atoms with Gasteiger partial charge >= 0.3 is 0 Å². The quantitative estimate of drug-likeness (QED) is 0.733. The van der Waals surface area contributed by atoms with E-state index in [1.807, 2.05) is 37.4 Å². The van der Waals surface area contributed by atoms with Gasteiger partial charge in [0.15, 0.2) is 5.82 Å². The molecule has 0 saturated carbocycles. The highest BCUT2D eigenvalue weighted by atomic mass is 16.5. The molecule has 0 unspecified atom stereocenters. The zero-order valence-corrected chi connectivity index (χ0v) is 15.9. The number of aliphatic hydroxyl groups is 1. The van der Waals surface area contributed by atoms with Crippen LogP contribution in [0.2, 0.25) is 0 Å². The molecule has 1 aromatic carbocycles. The summed E-state index contributed by atoms with van der Waals surface area (Å²) in [6.45, 7) is 4.11. The van der Waals surface area contributed by atoms with Crippen LogP contribution in [0, 0.1) is 6.92 Å². The maximum atomic E-state index is 9.58. The first-order chi connectivity index (χ1) is 13.7. The van der Waals surface area contributed by atoms with Gasteiger partial charge < -0.3 is 14.7 Å². The maximum Gasteiger partial charge on any atom is 0.156 e. The number of aromatic nitrogens is 4. The van der Waals surface area contributed by atoms with Crippen LogP contribution in [0.25, 0.3) is 10.9 Å². The van der Waals surface area contributed by atoms with Crippen molar-refractivity contribution in [2.75, 3.05) is 24.6 Å². The van der Waals surface area contributed by atoms with E-state index >= 15 is 0 Å². The molecule has 3 aromatic rings. The van der Waals surface area contributed by atoms with Crippen LogP contribution in [-0.2, 0) is 23.4 Å². The molecular weight excluding hydrogens is 354 g/mol. The van der Waals surface area contributed by atoms with Crippen molar-refractivity contribution >= 4 is 16.7 Å². The summed E-state index contributed by atoms with van der Waals surface area (Å²) < 4.78 is 6.31. The summed E-state index contributed by atoms with van der Waals surface area (Å²) in [5, 5.41) is 10.6. The minimum absolute atomic E-state index is 0.164. The predicted molar refractivity (Wildman–Crippen MR) is 105 cm³/mol. The number of hydrogen-bond acceptors (Lipinski definition) is 7. The lowest BCUT2D eigenvalue weighted by Gasteiger charge is -2.44. The van der Waals surface area contributed by atoms with Gasteiger partial charge in [0, 0.05) is 24.7 Å². The van der Waals surface area contributed by atoms with E-state index in [0.29, 0.717) is 12.4 Å². The Hall–Kier alpha value is -2.64. The van der Waals surface area contributed by atoms with Crippen molar-refractivity contribution in [3.63, 3.8) is 0 Å². The van der Waals surface area contributed by atoms with E-state index in [9.17, 15) is 5.11 Å². The van der Waals surface area contributed by atoms with E-state index in [1.54, 1.807) is 0 Å². The number of fused-ring (bicyclic) bond motifs is 3. The molecule has 144 valence electrons. The Morgan fingerprint density at radius 2 is 1.96 bits per heavy atom. The van der Waals surface area contributed by atoms with E-state index in [-0.39, 0.29) is 12.2 Å². The van der Waals surface area contributed by atoms with Crippen molar-refractivity contribution in [1.82, 2.24) is 19.9 Å². The maximum absolute atomic E-state index is 9.58. The van der Waals surface area contributed by atoms with E-state index in [0.717, 1.165) is 60.6 Å². The fourth-order valence-corrected chi connectivity index (χ4v) is 4.38. The van der Waals surface area contributed by atoms with Crippen molar-refractivity contribution in [2.24, 2.45) is 0 Å². The van der Waals surface area contributed by atoms with Crippen molar-refractivity contribution in [2.45, 2.75) is 38.4 Å². The molecular formula is C21H23N5O2. The molecule has 0 bridgehead atoms. The first kappa shape index (κ1) is 17.5. The summed E-state index contributed by atoms with van der Waals surface area (Å²) in [5.74, 6) is 2.14. The van der Waals surface area contributed by atoms with Gasteiger partial charge in [-0.1, -0.05) is 12.1 Å². The van der Waals surface area contributed by atoms with E-state index < -0.39 is 0 Å². The topological polar surface area (TPSA) is 84.3 Å². The van der Waals surface area contributed by atoms with Gasteiger partial charge in [-0.05, 0) is 43.9 Å². The highest BCUT2D eigenvalue weighted by Gasteiger charge is 2.42. The third-order valence-corrected chi connectivity index (χ3v) is 5.81. The number of nitrogens with zero attached hydrogens (tertiary/aromatic N) is 5. The number of piperidine rings is 1. The number of anilines is 1. The predicted octanol–water partition coefficient (Wildman–Crippen LogP) is 2.29. The van der Waals surface area contributed by atoms with Gasteiger partial charge in [-0.3, -0.25) is 0 Å². The largest absolute Gasteiger partial charge is 0.388 e. The molecule has 2 aliphatic rings. The second kappa shape index (κ2) is 6.76. The van der Waals surface area contributed by atoms with Crippen molar-refractivity contribution < 1.29 is 9.84 Å². The number of para-hydroxylation sites is 1. The zero-order chi connectivity index (χ0) is 19.1. The molecule has 1 saturated heterocycles. The minimum atomic E-state index is -0.333. The Morgan fingerprint density at radius 1 is 1.14 bits per heavy atom. The van der Waals surface area contributed by atoms with E-state index in [4.69, 9.17) is 9.72 Å². The number of ether oxygens (including phenoxy) is 1. The van der Waals surface area contributed by atoms with E-state index in [1.165, 1.54) is 5.56 Å². The van der Waals surface area contributed by atoms with Gasteiger partial charge in [0.1, 0.15) is 23.9 Å². The second-order valence-corrected chi connectivity index (χ2v) is 7.51. The van der Waals surface area contributed by atoms with Gasteiger partial charge in [0.2, 0.25) is 0 Å². The highest BCUT2D eigenvalue weighted by Crippen LogP contribution is 2.41. The van der Waals surface area contributed by atoms with Gasteiger partial charge in [-0.2, -0.15) is 0 Å². The number of aliphatic hydroxyl groups excluding tert-OH is 1. The lowest BCUT2D eigenvalue weighted by molar-refractivity contribution is -0.0803. The molecule has 0 atom stereocenters. The number of aryl methyl sites for hydroxylation is 1. The van der Waals surface area contributed by atoms with Crippen LogP contribution in [0.1, 0.15) is 35.7 Å². The Balaban J connectivity index is 1.48. The van der Waals surface area contributed by atoms with Crippen LogP contribution in [0.4, 0.5) is 5.82 Å². The Kier molecular flexibility index (Phi) is 4.21. The summed E-state index contributed by atoms with van der Waals surface area (Å²) in [4.78, 5) is 20.5. The van der Waals surface area contributed by atoms with Crippen LogP contribution >= 0.6 is 0 Å². The summed E-state index contributed by atoms with van der Waals surface area (Å²) >= 11 is 0. The van der Waals surface area contributed by atoms with Crippen molar-refractivity contribution in [3.05, 3.63) is 53.4 Å². The molecule has 0 aliphatic carbocycles. The van der Waals surface area contributed by atoms with Crippen molar-refractivity contribution in [1.29, 1.82) is 0 Å². The minimum Gasteiger partial charge on any atom is -0.388 e. The average Bonchev–Trinajstić information content (AvgIpc) is 2.74. The molecule has 28 heavy (non-hydrogen) atoms. The molecule has 7 heteroatoms. The molecule has 4 heterocycles. The van der Waals surface area contributed by atoms with Crippen molar-refractivity contribution in [3.8, 4) is 0 Å². The SMILES string of the molecule is Cc1ncc2c(n1)C1(CCN(c3nc(CO)nc4ccccc34)CC1)OCC2. The summed E-state index contributed by atoms with van der Waals surface area (Å²) in [6, 6.07) is 7.96. The average molecular weight is 377 g/mol. The summed E-state index contributed by atoms with van der Waals surface area (Å²) in [6.07, 6.45) is 4.53. The highest BCUT2D eigenvalue weighted by molar-refractivity contribution is 5.89. The molecule has 0 radical (unpaired) electrons. The fourth-order valence-electron chi connectivity index (χ4n) is 4.38. The standard InChI is InChI=1S/C21H23N5O2/c1-14-22-12-15-6-11-28-21(19(15)23-14)7-9-26(10-8-21)20-16-4-2-3-5-17(16)24-18(13-27)25-20/h2-5,12,27H,6-11,13H2,1H3. The normalized spacial score (nSPS) is 18.4. The molecule has 2 aliphatic heterocycles. The Morgan fingerprint density at radius 3 is 2.79 bits per heavy atom. The molecule has 1 spiro atoms. The van der Waals surface area contributed by atoms with Gasteiger partial charge in [0.25, 0.3) is 0 Å². The first-order valence-electron chi connectivity index (χ1n) is 9.77. The molecule has 1 N–H and O–H groups in total. The van der Waals surface area contributed by atoms with E-state index in [2.05, 4.69) is 19.9 Å². The van der Waals surface area contributed by atoms with Crippen LogP contribution < -0.4 is 4.90 Å². The molecule has 0 amide bonds. The smallest absolute Gasteiger partial charge is 0.156 e. The Labute approximate surface area is 163 Å². The number of hydrogen-bond donors (Lipinski definition) is 1. The lowest BCUT2D eigenvalue weighted by atomic mass is 9.83. The van der Waals surface area contributed by atoms with Gasteiger partial charge in [-0.15, -0.1) is 0 Å². The monoisotopic (exact) mass is 377 g/mol. The molecule has 2 aromatic heterocycles. The zero-order valence-electron chi connectivity index (χ0n) is 15.9. The number of rotatable bonds is 2. The molecule has 5 rings (SSSR count). The Bertz CT molecular complexity index is 1030. The third-order valence-electron chi connectivity index (χ3n) is 5.81. The lowest BCUT2D eigenvalue weighted by Crippen LogP contribution is -2.47. The summed E-state index contributed by atoms with van der Waals surface area (Å²) in [7, 11) is 0. The third kappa shape index (κ3) is 2.82. The van der Waals surface area contributed by atoms with Crippen LogP contribution in [-0.4, -0.2) is 44.7 Å². The first-order valence-corrected chi connectivity index (χ1v) is 9.77. The molecule has 7 nitrogen and oxygen atoms in total. The van der Waals surface area contributed by atoms with Crippen LogP contribution in [0.3, 0.4) is 0 Å². The molecule has 1 fully saturated rings. The summed E-state index contributed by atoms with van der Waals surface area (Å²) in [5.41, 5.74) is 2.80.